The zero-order valence-corrected chi connectivity index (χ0v) is 6.97. The number of aromatic nitrogens is 4. The summed E-state index contributed by atoms with van der Waals surface area (Å²) in [6.07, 6.45) is 4.91. The highest BCUT2D eigenvalue weighted by molar-refractivity contribution is 5.90. The van der Waals surface area contributed by atoms with E-state index < -0.39 is 0 Å². The lowest BCUT2D eigenvalue weighted by molar-refractivity contribution is 0.0759. The summed E-state index contributed by atoms with van der Waals surface area (Å²) >= 11 is 0. The molecule has 0 aromatic carbocycles. The maximum atomic E-state index is 11.6. The largest absolute Gasteiger partial charge is 0.332 e. The first-order valence-electron chi connectivity index (χ1n) is 4.05. The van der Waals surface area contributed by atoms with Crippen molar-refractivity contribution in [1.82, 2.24) is 25.5 Å². The molecule has 0 aliphatic carbocycles. The Bertz CT molecular complexity index is 318. The second-order valence-electron chi connectivity index (χ2n) is 2.75. The van der Waals surface area contributed by atoms with Gasteiger partial charge in [0.25, 0.3) is 11.7 Å². The number of amides is 1. The Hall–Kier alpha value is -1.72. The first-order chi connectivity index (χ1) is 6.38. The average molecular weight is 179 g/mol. The second-order valence-corrected chi connectivity index (χ2v) is 2.75. The third-order valence-electron chi connectivity index (χ3n) is 1.88. The maximum Gasteiger partial charge on any atom is 0.295 e. The summed E-state index contributed by atoms with van der Waals surface area (Å²) in [5, 5.41) is 12.8. The molecule has 1 aliphatic rings. The van der Waals surface area contributed by atoms with Gasteiger partial charge < -0.3 is 4.90 Å². The molecule has 0 bridgehead atoms. The van der Waals surface area contributed by atoms with E-state index >= 15 is 0 Å². The molecule has 0 unspecified atom stereocenters. The summed E-state index contributed by atoms with van der Waals surface area (Å²) in [5.41, 5.74) is 0. The predicted molar refractivity (Wildman–Crippen MR) is 43.8 cm³/mol. The van der Waals surface area contributed by atoms with Gasteiger partial charge in [0.2, 0.25) is 0 Å². The maximum absolute atomic E-state index is 11.6. The first-order valence-corrected chi connectivity index (χ1v) is 4.05. The van der Waals surface area contributed by atoms with Gasteiger partial charge in [0.15, 0.2) is 0 Å². The first kappa shape index (κ1) is 7.90. The number of aromatic amines is 1. The number of hydrogen-bond acceptors (Lipinski definition) is 4. The highest BCUT2D eigenvalue weighted by atomic mass is 16.2. The molecule has 0 fully saturated rings. The van der Waals surface area contributed by atoms with Gasteiger partial charge in [-0.3, -0.25) is 4.79 Å². The summed E-state index contributed by atoms with van der Waals surface area (Å²) in [6.45, 7) is 1.36. The lowest BCUT2D eigenvalue weighted by Gasteiger charge is -2.21. The van der Waals surface area contributed by atoms with E-state index in [0.29, 0.717) is 6.54 Å². The van der Waals surface area contributed by atoms with E-state index in [9.17, 15) is 4.79 Å². The van der Waals surface area contributed by atoms with Gasteiger partial charge >= 0.3 is 0 Å². The Balaban J connectivity index is 2.09. The number of nitrogens with one attached hydrogen (secondary N) is 1. The van der Waals surface area contributed by atoms with Crippen molar-refractivity contribution in [2.24, 2.45) is 0 Å². The van der Waals surface area contributed by atoms with Crippen LogP contribution in [0.15, 0.2) is 12.2 Å². The van der Waals surface area contributed by atoms with Gasteiger partial charge in [0.1, 0.15) is 0 Å². The fourth-order valence-corrected chi connectivity index (χ4v) is 1.22. The lowest BCUT2D eigenvalue weighted by Crippen LogP contribution is -2.34. The van der Waals surface area contributed by atoms with E-state index in [1.54, 1.807) is 4.90 Å². The summed E-state index contributed by atoms with van der Waals surface area (Å²) in [5.74, 6) is -0.0339. The number of H-pyrrole nitrogens is 1. The van der Waals surface area contributed by atoms with Crippen LogP contribution in [0, 0.1) is 0 Å². The molecule has 6 nitrogen and oxygen atoms in total. The van der Waals surface area contributed by atoms with Crippen LogP contribution in [-0.2, 0) is 0 Å². The van der Waals surface area contributed by atoms with E-state index in [1.807, 2.05) is 6.08 Å². The fraction of sp³-hybridized carbons (Fsp3) is 0.429. The highest BCUT2D eigenvalue weighted by Crippen LogP contribution is 2.04. The zero-order chi connectivity index (χ0) is 9.10. The molecule has 1 aromatic rings. The standard InChI is InChI=1S/C7H9N5O/c13-7(6-8-10-11-9-6)12-4-2-1-3-5-12/h1-2H,3-5H2,(H,8,9,10,11). The Morgan fingerprint density at radius 3 is 3.08 bits per heavy atom. The van der Waals surface area contributed by atoms with Crippen LogP contribution in [0.3, 0.4) is 0 Å². The predicted octanol–water partition coefficient (Wildman–Crippen LogP) is -0.398. The van der Waals surface area contributed by atoms with Crippen LogP contribution in [0.1, 0.15) is 17.0 Å². The summed E-state index contributed by atoms with van der Waals surface area (Å²) in [4.78, 5) is 13.3. The van der Waals surface area contributed by atoms with E-state index in [2.05, 4.69) is 26.7 Å². The fourth-order valence-electron chi connectivity index (χ4n) is 1.22. The molecule has 1 aromatic heterocycles. The average Bonchev–Trinajstić information content (AvgIpc) is 2.71. The molecule has 0 radical (unpaired) electrons. The van der Waals surface area contributed by atoms with E-state index in [4.69, 9.17) is 0 Å². The number of tetrazole rings is 1. The van der Waals surface area contributed by atoms with Crippen LogP contribution >= 0.6 is 0 Å². The van der Waals surface area contributed by atoms with Gasteiger partial charge in [-0.05, 0) is 11.6 Å². The molecule has 13 heavy (non-hydrogen) atoms. The summed E-state index contributed by atoms with van der Waals surface area (Å²) in [6, 6.07) is 0. The van der Waals surface area contributed by atoms with Crippen molar-refractivity contribution in [3.05, 3.63) is 18.0 Å². The van der Waals surface area contributed by atoms with Gasteiger partial charge in [0, 0.05) is 13.1 Å². The monoisotopic (exact) mass is 179 g/mol. The molecular weight excluding hydrogens is 170 g/mol. The van der Waals surface area contributed by atoms with Crippen LogP contribution in [0.4, 0.5) is 0 Å². The minimum Gasteiger partial charge on any atom is -0.332 e. The Morgan fingerprint density at radius 2 is 2.46 bits per heavy atom. The van der Waals surface area contributed by atoms with E-state index in [1.165, 1.54) is 0 Å². The van der Waals surface area contributed by atoms with Crippen molar-refractivity contribution >= 4 is 5.91 Å². The van der Waals surface area contributed by atoms with Gasteiger partial charge in [0.05, 0.1) is 0 Å². The summed E-state index contributed by atoms with van der Waals surface area (Å²) < 4.78 is 0. The number of nitrogens with zero attached hydrogens (tertiary/aromatic N) is 4. The minimum absolute atomic E-state index is 0.135. The lowest BCUT2D eigenvalue weighted by atomic mass is 10.2. The van der Waals surface area contributed by atoms with E-state index in [0.717, 1.165) is 13.0 Å². The van der Waals surface area contributed by atoms with Crippen molar-refractivity contribution in [3.8, 4) is 0 Å². The van der Waals surface area contributed by atoms with E-state index in [-0.39, 0.29) is 11.7 Å². The summed E-state index contributed by atoms with van der Waals surface area (Å²) in [7, 11) is 0. The molecule has 0 saturated heterocycles. The SMILES string of the molecule is O=C(c1nn[nH]n1)N1CC=CCC1. The molecule has 6 heteroatoms. The van der Waals surface area contributed by atoms with Crippen LogP contribution in [0.2, 0.25) is 0 Å². The molecule has 68 valence electrons. The smallest absolute Gasteiger partial charge is 0.295 e. The van der Waals surface area contributed by atoms with Gasteiger partial charge in [-0.15, -0.1) is 10.2 Å². The van der Waals surface area contributed by atoms with Crippen LogP contribution in [0.5, 0.6) is 0 Å². The van der Waals surface area contributed by atoms with Gasteiger partial charge in [-0.25, -0.2) is 0 Å². The number of hydrogen-bond donors (Lipinski definition) is 1. The number of carbonyl (C=O) groups is 1. The second kappa shape index (κ2) is 3.34. The van der Waals surface area contributed by atoms with Crippen molar-refractivity contribution in [2.45, 2.75) is 6.42 Å². The molecular formula is C7H9N5O. The highest BCUT2D eigenvalue weighted by Gasteiger charge is 2.19. The van der Waals surface area contributed by atoms with Gasteiger partial charge in [-0.1, -0.05) is 12.2 Å². The number of rotatable bonds is 1. The van der Waals surface area contributed by atoms with Crippen LogP contribution < -0.4 is 0 Å². The Morgan fingerprint density at radius 1 is 1.54 bits per heavy atom. The quantitative estimate of drug-likeness (QED) is 0.595. The third-order valence-corrected chi connectivity index (χ3v) is 1.88. The number of carbonyl (C=O) groups excluding carboxylic acids is 1. The van der Waals surface area contributed by atoms with Crippen molar-refractivity contribution < 1.29 is 4.79 Å². The van der Waals surface area contributed by atoms with Crippen molar-refractivity contribution in [2.75, 3.05) is 13.1 Å². The van der Waals surface area contributed by atoms with Crippen LogP contribution in [0.25, 0.3) is 0 Å². The Kier molecular flexibility index (Phi) is 2.03. The molecule has 1 N–H and O–H groups in total. The Labute approximate surface area is 74.6 Å². The molecule has 0 atom stereocenters. The van der Waals surface area contributed by atoms with Crippen LogP contribution in [-0.4, -0.2) is 44.5 Å². The zero-order valence-electron chi connectivity index (χ0n) is 6.97. The molecule has 1 amide bonds. The molecule has 0 saturated carbocycles. The molecule has 0 spiro atoms. The third kappa shape index (κ3) is 1.56. The van der Waals surface area contributed by atoms with Crippen molar-refractivity contribution in [3.63, 3.8) is 0 Å². The normalized spacial score (nSPS) is 16.2. The molecule has 1 aliphatic heterocycles. The topological polar surface area (TPSA) is 74.8 Å². The van der Waals surface area contributed by atoms with Gasteiger partial charge in [-0.2, -0.15) is 5.21 Å². The van der Waals surface area contributed by atoms with Crippen molar-refractivity contribution in [1.29, 1.82) is 0 Å². The minimum atomic E-state index is -0.168. The molecule has 2 rings (SSSR count). The molecule has 2 heterocycles.